The van der Waals surface area contributed by atoms with E-state index in [0.29, 0.717) is 52.7 Å². The first-order valence-electron chi connectivity index (χ1n) is 16.2. The van der Waals surface area contributed by atoms with Crippen LogP contribution in [0.15, 0.2) is 45.6 Å². The summed E-state index contributed by atoms with van der Waals surface area (Å²) in [6.07, 6.45) is 5.88. The minimum atomic E-state index is -1.22. The van der Waals surface area contributed by atoms with Gasteiger partial charge in [0, 0.05) is 24.2 Å². The highest BCUT2D eigenvalue weighted by Crippen LogP contribution is 2.37. The molecule has 2 heterocycles. The summed E-state index contributed by atoms with van der Waals surface area (Å²) >= 11 is 0. The molecule has 0 saturated carbocycles. The summed E-state index contributed by atoms with van der Waals surface area (Å²) in [6.45, 7) is 1.05. The minimum Gasteiger partial charge on any atom is -0.497 e. The van der Waals surface area contributed by atoms with Crippen molar-refractivity contribution in [3.8, 4) is 34.3 Å². The maximum Gasteiger partial charge on any atom is 0.239 e. The Bertz CT molecular complexity index is 1430. The number of benzene rings is 2. The lowest BCUT2D eigenvalue weighted by Gasteiger charge is -2.43. The van der Waals surface area contributed by atoms with Gasteiger partial charge >= 0.3 is 0 Å². The molecule has 11 nitrogen and oxygen atoms in total. The van der Waals surface area contributed by atoms with Crippen LogP contribution >= 0.6 is 0 Å². The average molecular weight is 644 g/mol. The molecule has 4 N–H and O–H groups in total. The van der Waals surface area contributed by atoms with Gasteiger partial charge in [-0.15, -0.1) is 0 Å². The van der Waals surface area contributed by atoms with Crippen LogP contribution in [-0.4, -0.2) is 97.3 Å². The summed E-state index contributed by atoms with van der Waals surface area (Å²) in [5, 5.41) is 39.8. The molecule has 3 aromatic rings. The molecule has 1 aliphatic heterocycles. The van der Waals surface area contributed by atoms with Crippen LogP contribution < -0.4 is 24.4 Å². The molecule has 1 aromatic heterocycles. The Morgan fingerprint density at radius 3 is 2.04 bits per heavy atom. The van der Waals surface area contributed by atoms with Gasteiger partial charge in [0.1, 0.15) is 40.4 Å². The van der Waals surface area contributed by atoms with Gasteiger partial charge in [-0.1, -0.05) is 44.9 Å². The third-order valence-electron chi connectivity index (χ3n) is 8.75. The van der Waals surface area contributed by atoms with Gasteiger partial charge in [-0.3, -0.25) is 9.69 Å². The van der Waals surface area contributed by atoms with Gasteiger partial charge in [-0.2, -0.15) is 0 Å². The van der Waals surface area contributed by atoms with E-state index >= 15 is 0 Å². The highest BCUT2D eigenvalue weighted by Gasteiger charge is 2.40. The first kappa shape index (κ1) is 35.5. The van der Waals surface area contributed by atoms with Gasteiger partial charge in [0.15, 0.2) is 5.76 Å². The lowest BCUT2D eigenvalue weighted by molar-refractivity contribution is -0.145. The van der Waals surface area contributed by atoms with Crippen molar-refractivity contribution in [1.29, 1.82) is 0 Å². The van der Waals surface area contributed by atoms with Gasteiger partial charge in [0.2, 0.25) is 11.2 Å². The summed E-state index contributed by atoms with van der Waals surface area (Å²) in [6, 6.07) is 10.0. The number of aliphatic hydroxyl groups excluding tert-OH is 4. The number of methoxy groups -OCH3 is 3. The maximum absolute atomic E-state index is 13.7. The van der Waals surface area contributed by atoms with Gasteiger partial charge in [0.05, 0.1) is 46.7 Å². The molecule has 11 heteroatoms. The fourth-order valence-corrected chi connectivity index (χ4v) is 6.05. The second-order valence-corrected chi connectivity index (χ2v) is 11.8. The fraction of sp³-hybridized carbons (Fsp3) is 0.571. The van der Waals surface area contributed by atoms with E-state index in [9.17, 15) is 25.2 Å². The van der Waals surface area contributed by atoms with E-state index in [1.54, 1.807) is 38.5 Å². The Morgan fingerprint density at radius 2 is 1.43 bits per heavy atom. The van der Waals surface area contributed by atoms with E-state index in [4.69, 9.17) is 23.4 Å². The SMILES string of the molecule is COc1ccc(-c2oc3cc(OC)cc(OC)c3c(=O)c2OCCCCCCCCCCCN2C[C@H](O)[C@@H](O)[C@H](O)[C@H]2CO)cc1. The van der Waals surface area contributed by atoms with Crippen LogP contribution in [0.2, 0.25) is 0 Å². The van der Waals surface area contributed by atoms with Crippen molar-refractivity contribution in [2.75, 3.05) is 47.6 Å². The second kappa shape index (κ2) is 17.5. The smallest absolute Gasteiger partial charge is 0.239 e. The number of ether oxygens (including phenoxy) is 4. The number of nitrogens with zero attached hydrogens (tertiary/aromatic N) is 1. The fourth-order valence-electron chi connectivity index (χ4n) is 6.05. The normalized spacial score (nSPS) is 20.2. The molecule has 254 valence electrons. The third-order valence-corrected chi connectivity index (χ3v) is 8.75. The molecule has 1 fully saturated rings. The van der Waals surface area contributed by atoms with Crippen LogP contribution in [0.4, 0.5) is 0 Å². The van der Waals surface area contributed by atoms with Crippen LogP contribution in [0.5, 0.6) is 23.0 Å². The zero-order valence-electron chi connectivity index (χ0n) is 27.2. The molecule has 1 saturated heterocycles. The van der Waals surface area contributed by atoms with E-state index < -0.39 is 24.4 Å². The highest BCUT2D eigenvalue weighted by molar-refractivity contribution is 5.88. The van der Waals surface area contributed by atoms with Gasteiger partial charge < -0.3 is 43.8 Å². The van der Waals surface area contributed by atoms with Crippen LogP contribution in [0.1, 0.15) is 57.8 Å². The second-order valence-electron chi connectivity index (χ2n) is 11.8. The highest BCUT2D eigenvalue weighted by atomic mass is 16.5. The Balaban J connectivity index is 1.23. The number of hydrogen-bond donors (Lipinski definition) is 4. The molecule has 0 aliphatic carbocycles. The largest absolute Gasteiger partial charge is 0.497 e. The van der Waals surface area contributed by atoms with Gasteiger partial charge in [0.25, 0.3) is 0 Å². The van der Waals surface area contributed by atoms with Crippen LogP contribution in [0, 0.1) is 0 Å². The van der Waals surface area contributed by atoms with E-state index in [0.717, 1.165) is 57.8 Å². The number of likely N-dealkylation sites (tertiary alicyclic amines) is 1. The molecule has 0 radical (unpaired) electrons. The molecule has 2 aromatic carbocycles. The molecular formula is C35H49NO10. The zero-order chi connectivity index (χ0) is 33.1. The van der Waals surface area contributed by atoms with E-state index in [-0.39, 0.29) is 24.3 Å². The molecular weight excluding hydrogens is 594 g/mol. The Labute approximate surface area is 270 Å². The molecule has 0 spiro atoms. The van der Waals surface area contributed by atoms with Crippen molar-refractivity contribution in [3.63, 3.8) is 0 Å². The number of β-amino-alcohol motifs (C(OH)–C–C–N with tert-alkyl or cyclic N) is 1. The van der Waals surface area contributed by atoms with Crippen molar-refractivity contribution in [2.45, 2.75) is 82.1 Å². The van der Waals surface area contributed by atoms with Crippen LogP contribution in [0.3, 0.4) is 0 Å². The summed E-state index contributed by atoms with van der Waals surface area (Å²) in [7, 11) is 4.64. The van der Waals surface area contributed by atoms with E-state index in [1.807, 2.05) is 17.0 Å². The van der Waals surface area contributed by atoms with Crippen LogP contribution in [-0.2, 0) is 0 Å². The standard InChI is InChI=1S/C35H49NO10/c1-42-24-15-13-23(14-16-24)34-35(33(41)30-28(44-3)19-25(43-2)20-29(30)46-34)45-18-12-10-8-6-4-5-7-9-11-17-36-21-27(38)32(40)31(39)26(36)22-37/h13-16,19-20,26-27,31-32,37-40H,4-12,17-18,21-22H2,1-3H3/t26-,27+,31-,32-/m1/s1. The van der Waals surface area contributed by atoms with Crippen molar-refractivity contribution in [1.82, 2.24) is 4.90 Å². The Hall–Kier alpha value is -3.35. The Morgan fingerprint density at radius 1 is 0.804 bits per heavy atom. The monoisotopic (exact) mass is 643 g/mol. The zero-order valence-corrected chi connectivity index (χ0v) is 27.2. The average Bonchev–Trinajstić information content (AvgIpc) is 3.07. The number of rotatable bonds is 18. The first-order valence-corrected chi connectivity index (χ1v) is 16.2. The molecule has 0 unspecified atom stereocenters. The number of piperidine rings is 1. The molecule has 0 bridgehead atoms. The van der Waals surface area contributed by atoms with Crippen molar-refractivity contribution in [2.24, 2.45) is 0 Å². The predicted molar refractivity (Wildman–Crippen MR) is 175 cm³/mol. The number of unbranched alkanes of at least 4 members (excludes halogenated alkanes) is 8. The topological polar surface area (TPSA) is 151 Å². The summed E-state index contributed by atoms with van der Waals surface area (Å²) in [4.78, 5) is 15.6. The minimum absolute atomic E-state index is 0.149. The van der Waals surface area contributed by atoms with Gasteiger partial charge in [-0.05, 0) is 43.7 Å². The molecule has 1 aliphatic rings. The molecule has 46 heavy (non-hydrogen) atoms. The van der Waals surface area contributed by atoms with Crippen LogP contribution in [0.25, 0.3) is 22.3 Å². The van der Waals surface area contributed by atoms with Crippen molar-refractivity contribution < 1.29 is 43.8 Å². The molecule has 4 rings (SSSR count). The van der Waals surface area contributed by atoms with E-state index in [1.165, 1.54) is 7.11 Å². The maximum atomic E-state index is 13.7. The van der Waals surface area contributed by atoms with Crippen molar-refractivity contribution >= 4 is 11.0 Å². The third kappa shape index (κ3) is 8.71. The quantitative estimate of drug-likeness (QED) is 0.148. The molecule has 0 amide bonds. The number of fused-ring (bicyclic) bond motifs is 1. The van der Waals surface area contributed by atoms with Crippen molar-refractivity contribution in [3.05, 3.63) is 46.6 Å². The lowest BCUT2D eigenvalue weighted by Crippen LogP contribution is -2.62. The molecule has 4 atom stereocenters. The lowest BCUT2D eigenvalue weighted by atomic mass is 9.94. The first-order chi connectivity index (χ1) is 22.3. The summed E-state index contributed by atoms with van der Waals surface area (Å²) in [5.41, 5.74) is 0.732. The Kier molecular flexibility index (Phi) is 13.5. The number of aliphatic hydroxyl groups is 4. The van der Waals surface area contributed by atoms with Gasteiger partial charge in [-0.25, -0.2) is 0 Å². The summed E-state index contributed by atoms with van der Waals surface area (Å²) < 4.78 is 28.5. The van der Waals surface area contributed by atoms with E-state index in [2.05, 4.69) is 0 Å². The summed E-state index contributed by atoms with van der Waals surface area (Å²) in [5.74, 6) is 2.05. The number of hydrogen-bond acceptors (Lipinski definition) is 11. The predicted octanol–water partition coefficient (Wildman–Crippen LogP) is 4.13.